The Morgan fingerprint density at radius 3 is 2.65 bits per heavy atom. The molecule has 0 amide bonds. The Hall–Kier alpha value is -0.120. The van der Waals surface area contributed by atoms with Crippen molar-refractivity contribution in [1.29, 1.82) is 0 Å². The van der Waals surface area contributed by atoms with E-state index < -0.39 is 0 Å². The Morgan fingerprint density at radius 1 is 1.29 bits per heavy atom. The summed E-state index contributed by atoms with van der Waals surface area (Å²) in [5.41, 5.74) is 0. The van der Waals surface area contributed by atoms with Crippen LogP contribution in [0.5, 0.6) is 0 Å². The van der Waals surface area contributed by atoms with Crippen LogP contribution in [-0.2, 0) is 0 Å². The van der Waals surface area contributed by atoms with Gasteiger partial charge >= 0.3 is 0 Å². The largest absolute Gasteiger partial charge is 0.311 e. The summed E-state index contributed by atoms with van der Waals surface area (Å²) in [4.78, 5) is 5.03. The van der Waals surface area contributed by atoms with Crippen LogP contribution in [0.2, 0.25) is 0 Å². The van der Waals surface area contributed by atoms with Crippen LogP contribution < -0.4 is 5.32 Å². The first-order chi connectivity index (χ1) is 8.20. The molecular weight excluding hydrogens is 210 g/mol. The van der Waals surface area contributed by atoms with Gasteiger partial charge in [0.2, 0.25) is 0 Å². The van der Waals surface area contributed by atoms with E-state index in [1.807, 2.05) is 0 Å². The van der Waals surface area contributed by atoms with Gasteiger partial charge in [-0.1, -0.05) is 6.92 Å². The van der Waals surface area contributed by atoms with Gasteiger partial charge in [0.15, 0.2) is 0 Å². The third-order valence-corrected chi connectivity index (χ3v) is 4.28. The van der Waals surface area contributed by atoms with E-state index in [1.54, 1.807) is 0 Å². The highest BCUT2D eigenvalue weighted by molar-refractivity contribution is 4.94. The van der Waals surface area contributed by atoms with E-state index in [-0.39, 0.29) is 0 Å². The lowest BCUT2D eigenvalue weighted by Gasteiger charge is -2.40. The summed E-state index contributed by atoms with van der Waals surface area (Å²) >= 11 is 0. The van der Waals surface area contributed by atoms with Crippen LogP contribution >= 0.6 is 0 Å². The number of nitrogens with zero attached hydrogens (tertiary/aromatic N) is 2. The van der Waals surface area contributed by atoms with Gasteiger partial charge in [0.05, 0.1) is 0 Å². The molecule has 2 atom stereocenters. The summed E-state index contributed by atoms with van der Waals surface area (Å²) in [6, 6.07) is 1.56. The van der Waals surface area contributed by atoms with Gasteiger partial charge in [0.25, 0.3) is 0 Å². The second kappa shape index (κ2) is 6.17. The molecule has 3 nitrogen and oxygen atoms in total. The van der Waals surface area contributed by atoms with E-state index >= 15 is 0 Å². The highest BCUT2D eigenvalue weighted by Crippen LogP contribution is 2.34. The first-order valence-corrected chi connectivity index (χ1v) is 7.33. The Balaban J connectivity index is 1.77. The molecule has 0 radical (unpaired) electrons. The third-order valence-electron chi connectivity index (χ3n) is 4.28. The Bertz CT molecular complexity index is 226. The molecule has 2 fully saturated rings. The van der Waals surface area contributed by atoms with Crippen molar-refractivity contribution in [3.8, 4) is 0 Å². The van der Waals surface area contributed by atoms with Crippen LogP contribution in [0.15, 0.2) is 0 Å². The van der Waals surface area contributed by atoms with Crippen molar-refractivity contribution in [1.82, 2.24) is 15.1 Å². The van der Waals surface area contributed by atoms with Crippen LogP contribution in [0.4, 0.5) is 0 Å². The monoisotopic (exact) mass is 239 g/mol. The van der Waals surface area contributed by atoms with Gasteiger partial charge in [0.1, 0.15) is 0 Å². The molecule has 2 rings (SSSR count). The zero-order valence-corrected chi connectivity index (χ0v) is 11.8. The van der Waals surface area contributed by atoms with Crippen LogP contribution in [0, 0.1) is 5.92 Å². The predicted molar refractivity (Wildman–Crippen MR) is 73.3 cm³/mol. The van der Waals surface area contributed by atoms with Crippen LogP contribution in [0.1, 0.15) is 32.6 Å². The molecule has 0 bridgehead atoms. The van der Waals surface area contributed by atoms with Gasteiger partial charge in [-0.25, -0.2) is 0 Å². The molecule has 0 spiro atoms. The van der Waals surface area contributed by atoms with Crippen molar-refractivity contribution in [3.63, 3.8) is 0 Å². The normalized spacial score (nSPS) is 31.1. The number of hydrogen-bond acceptors (Lipinski definition) is 3. The quantitative estimate of drug-likeness (QED) is 0.756. The van der Waals surface area contributed by atoms with Crippen LogP contribution in [-0.4, -0.2) is 62.2 Å². The van der Waals surface area contributed by atoms with Crippen molar-refractivity contribution in [2.45, 2.75) is 44.7 Å². The molecule has 1 N–H and O–H groups in total. The number of nitrogens with one attached hydrogen (secondary N) is 1. The SMILES string of the molecule is CCC1CNC(C2CC2)CN1CCCN(C)C. The molecule has 2 aliphatic rings. The molecule has 17 heavy (non-hydrogen) atoms. The van der Waals surface area contributed by atoms with E-state index in [2.05, 4.69) is 36.1 Å². The Morgan fingerprint density at radius 2 is 2.06 bits per heavy atom. The number of rotatable bonds is 6. The minimum absolute atomic E-state index is 0.771. The maximum absolute atomic E-state index is 3.76. The van der Waals surface area contributed by atoms with Crippen molar-refractivity contribution < 1.29 is 0 Å². The van der Waals surface area contributed by atoms with Gasteiger partial charge < -0.3 is 10.2 Å². The zero-order valence-electron chi connectivity index (χ0n) is 11.8. The lowest BCUT2D eigenvalue weighted by molar-refractivity contribution is 0.115. The molecule has 1 heterocycles. The van der Waals surface area contributed by atoms with Crippen molar-refractivity contribution in [2.24, 2.45) is 5.92 Å². The van der Waals surface area contributed by atoms with E-state index in [4.69, 9.17) is 0 Å². The fourth-order valence-electron chi connectivity index (χ4n) is 2.96. The number of piperazine rings is 1. The molecule has 1 aliphatic heterocycles. The van der Waals surface area contributed by atoms with E-state index in [0.29, 0.717) is 0 Å². The Labute approximate surface area is 107 Å². The van der Waals surface area contributed by atoms with Crippen molar-refractivity contribution in [3.05, 3.63) is 0 Å². The van der Waals surface area contributed by atoms with E-state index in [0.717, 1.165) is 18.0 Å². The van der Waals surface area contributed by atoms with Crippen molar-refractivity contribution >= 4 is 0 Å². The average Bonchev–Trinajstić information content (AvgIpc) is 3.12. The maximum atomic E-state index is 3.76. The standard InChI is InChI=1S/C14H29N3/c1-4-13-10-15-14(12-6-7-12)11-17(13)9-5-8-16(2)3/h12-15H,4-11H2,1-3H3. The van der Waals surface area contributed by atoms with E-state index in [1.165, 1.54) is 51.9 Å². The third kappa shape index (κ3) is 3.94. The summed E-state index contributed by atoms with van der Waals surface area (Å²) in [5.74, 6) is 0.990. The molecule has 1 saturated heterocycles. The molecule has 3 heteroatoms. The van der Waals surface area contributed by atoms with Gasteiger partial charge in [-0.15, -0.1) is 0 Å². The molecular formula is C14H29N3. The fraction of sp³-hybridized carbons (Fsp3) is 1.00. The number of hydrogen-bond donors (Lipinski definition) is 1. The van der Waals surface area contributed by atoms with Crippen molar-refractivity contribution in [2.75, 3.05) is 40.3 Å². The first kappa shape index (κ1) is 13.3. The molecule has 0 aromatic carbocycles. The molecule has 0 aromatic rings. The first-order valence-electron chi connectivity index (χ1n) is 7.33. The van der Waals surface area contributed by atoms with Gasteiger partial charge in [-0.2, -0.15) is 0 Å². The van der Waals surface area contributed by atoms with Crippen LogP contribution in [0.3, 0.4) is 0 Å². The minimum Gasteiger partial charge on any atom is -0.311 e. The summed E-state index contributed by atoms with van der Waals surface area (Å²) < 4.78 is 0. The second-order valence-electron chi connectivity index (χ2n) is 6.07. The van der Waals surface area contributed by atoms with Gasteiger partial charge in [0, 0.05) is 25.2 Å². The lowest BCUT2D eigenvalue weighted by atomic mass is 10.0. The zero-order chi connectivity index (χ0) is 12.3. The fourth-order valence-corrected chi connectivity index (χ4v) is 2.96. The highest BCUT2D eigenvalue weighted by Gasteiger charge is 2.36. The predicted octanol–water partition coefficient (Wildman–Crippen LogP) is 1.40. The molecule has 0 aromatic heterocycles. The molecule has 100 valence electrons. The highest BCUT2D eigenvalue weighted by atomic mass is 15.2. The summed E-state index contributed by atoms with van der Waals surface area (Å²) in [6.07, 6.45) is 5.51. The topological polar surface area (TPSA) is 18.5 Å². The van der Waals surface area contributed by atoms with Gasteiger partial charge in [-0.05, 0) is 58.8 Å². The molecule has 1 saturated carbocycles. The Kier molecular flexibility index (Phi) is 4.83. The minimum atomic E-state index is 0.771. The van der Waals surface area contributed by atoms with Gasteiger partial charge in [-0.3, -0.25) is 4.90 Å². The molecule has 1 aliphatic carbocycles. The summed E-state index contributed by atoms with van der Waals surface area (Å²) in [7, 11) is 4.34. The molecule has 2 unspecified atom stereocenters. The summed E-state index contributed by atoms with van der Waals surface area (Å²) in [6.45, 7) is 7.31. The average molecular weight is 239 g/mol. The summed E-state index contributed by atoms with van der Waals surface area (Å²) in [5, 5.41) is 3.76. The second-order valence-corrected chi connectivity index (χ2v) is 6.07. The smallest absolute Gasteiger partial charge is 0.0224 e. The van der Waals surface area contributed by atoms with Crippen LogP contribution in [0.25, 0.3) is 0 Å². The maximum Gasteiger partial charge on any atom is 0.0224 e. The van der Waals surface area contributed by atoms with E-state index in [9.17, 15) is 0 Å². The lowest BCUT2D eigenvalue weighted by Crippen LogP contribution is -2.57.